The van der Waals surface area contributed by atoms with Gasteiger partial charge in [0.25, 0.3) is 5.91 Å². The van der Waals surface area contributed by atoms with Gasteiger partial charge in [-0.2, -0.15) is 0 Å². The van der Waals surface area contributed by atoms with Crippen molar-refractivity contribution in [3.63, 3.8) is 0 Å². The Bertz CT molecular complexity index is 864. The Morgan fingerprint density at radius 2 is 1.77 bits per heavy atom. The lowest BCUT2D eigenvalue weighted by Crippen LogP contribution is -2.50. The maximum atomic E-state index is 13.2. The minimum absolute atomic E-state index is 0.127. The van der Waals surface area contributed by atoms with Gasteiger partial charge in [0.2, 0.25) is 5.91 Å². The van der Waals surface area contributed by atoms with Crippen LogP contribution in [0.3, 0.4) is 0 Å². The van der Waals surface area contributed by atoms with Gasteiger partial charge in [-0.15, -0.1) is 0 Å². The second-order valence-electron chi connectivity index (χ2n) is 7.64. The molecule has 2 aromatic rings. The third kappa shape index (κ3) is 7.02. The van der Waals surface area contributed by atoms with E-state index in [0.717, 1.165) is 28.9 Å². The van der Waals surface area contributed by atoms with Crippen LogP contribution in [-0.4, -0.2) is 43.0 Å². The van der Waals surface area contributed by atoms with Crippen molar-refractivity contribution in [1.29, 1.82) is 0 Å². The van der Waals surface area contributed by atoms with Gasteiger partial charge in [0.1, 0.15) is 17.5 Å². The lowest BCUT2D eigenvalue weighted by molar-refractivity contribution is -0.143. The van der Waals surface area contributed by atoms with Gasteiger partial charge in [-0.1, -0.05) is 38.1 Å². The highest BCUT2D eigenvalue weighted by atomic mass is 16.5. The van der Waals surface area contributed by atoms with E-state index < -0.39 is 6.04 Å². The van der Waals surface area contributed by atoms with Crippen LogP contribution in [0.2, 0.25) is 0 Å². The second-order valence-corrected chi connectivity index (χ2v) is 7.64. The fraction of sp³-hybridized carbons (Fsp3) is 0.440. The molecule has 2 rings (SSSR count). The van der Waals surface area contributed by atoms with Crippen LogP contribution >= 0.6 is 0 Å². The van der Waals surface area contributed by atoms with E-state index in [2.05, 4.69) is 5.32 Å². The van der Waals surface area contributed by atoms with Gasteiger partial charge in [-0.3, -0.25) is 9.59 Å². The molecule has 2 amide bonds. The van der Waals surface area contributed by atoms with Gasteiger partial charge in [-0.05, 0) is 61.6 Å². The summed E-state index contributed by atoms with van der Waals surface area (Å²) in [5.41, 5.74) is 2.95. The minimum atomic E-state index is -0.566. The monoisotopic (exact) mass is 426 g/mol. The van der Waals surface area contributed by atoms with Crippen molar-refractivity contribution in [1.82, 2.24) is 10.2 Å². The van der Waals surface area contributed by atoms with Crippen LogP contribution in [0.4, 0.5) is 0 Å². The van der Waals surface area contributed by atoms with Gasteiger partial charge in [0, 0.05) is 13.1 Å². The molecule has 0 saturated heterocycles. The molecule has 31 heavy (non-hydrogen) atoms. The van der Waals surface area contributed by atoms with Gasteiger partial charge in [0.05, 0.1) is 7.11 Å². The molecule has 0 aliphatic carbocycles. The fourth-order valence-corrected chi connectivity index (χ4v) is 3.30. The number of carbonyl (C=O) groups is 2. The molecule has 0 bridgehead atoms. The van der Waals surface area contributed by atoms with Gasteiger partial charge in [-0.25, -0.2) is 0 Å². The molecule has 0 aliphatic rings. The summed E-state index contributed by atoms with van der Waals surface area (Å²) in [5.74, 6) is 1.06. The Morgan fingerprint density at radius 1 is 1.06 bits per heavy atom. The standard InChI is InChI=1S/C25H34N2O4/c1-6-14-26-25(29)22(7-2)27(16-20-10-12-21(30-5)13-11-20)24(28)17-31-23-15-18(3)8-9-19(23)4/h8-13,15,22H,6-7,14,16-17H2,1-5H3,(H,26,29). The van der Waals surface area contributed by atoms with E-state index in [9.17, 15) is 9.59 Å². The molecule has 0 fully saturated rings. The van der Waals surface area contributed by atoms with Crippen LogP contribution in [0.15, 0.2) is 42.5 Å². The number of hydrogen-bond acceptors (Lipinski definition) is 4. The van der Waals surface area contributed by atoms with Crippen LogP contribution in [-0.2, 0) is 16.1 Å². The second kappa shape index (κ2) is 12.0. The number of nitrogens with zero attached hydrogens (tertiary/aromatic N) is 1. The van der Waals surface area contributed by atoms with E-state index in [4.69, 9.17) is 9.47 Å². The highest BCUT2D eigenvalue weighted by Gasteiger charge is 2.28. The van der Waals surface area contributed by atoms with Crippen LogP contribution < -0.4 is 14.8 Å². The maximum absolute atomic E-state index is 13.2. The number of ether oxygens (including phenoxy) is 2. The lowest BCUT2D eigenvalue weighted by Gasteiger charge is -2.30. The maximum Gasteiger partial charge on any atom is 0.261 e. The molecule has 1 unspecified atom stereocenters. The third-order valence-electron chi connectivity index (χ3n) is 5.14. The highest BCUT2D eigenvalue weighted by molar-refractivity contribution is 5.88. The van der Waals surface area contributed by atoms with E-state index in [1.54, 1.807) is 12.0 Å². The highest BCUT2D eigenvalue weighted by Crippen LogP contribution is 2.20. The first kappa shape index (κ1) is 24.3. The first-order valence-corrected chi connectivity index (χ1v) is 10.8. The third-order valence-corrected chi connectivity index (χ3v) is 5.14. The van der Waals surface area contributed by atoms with E-state index in [0.29, 0.717) is 25.3 Å². The van der Waals surface area contributed by atoms with Crippen molar-refractivity contribution >= 4 is 11.8 Å². The van der Waals surface area contributed by atoms with Crippen molar-refractivity contribution in [2.75, 3.05) is 20.3 Å². The molecular formula is C25H34N2O4. The van der Waals surface area contributed by atoms with Gasteiger partial charge in [0.15, 0.2) is 6.61 Å². The van der Waals surface area contributed by atoms with E-state index in [1.807, 2.05) is 70.2 Å². The summed E-state index contributed by atoms with van der Waals surface area (Å²) in [6.45, 7) is 8.61. The SMILES string of the molecule is CCCNC(=O)C(CC)N(Cc1ccc(OC)cc1)C(=O)COc1cc(C)ccc1C. The van der Waals surface area contributed by atoms with Crippen molar-refractivity contribution in [2.24, 2.45) is 0 Å². The zero-order valence-electron chi connectivity index (χ0n) is 19.2. The predicted octanol–water partition coefficient (Wildman–Crippen LogP) is 4.02. The van der Waals surface area contributed by atoms with Gasteiger partial charge >= 0.3 is 0 Å². The molecule has 168 valence electrons. The number of benzene rings is 2. The Hall–Kier alpha value is -3.02. The lowest BCUT2D eigenvalue weighted by atomic mass is 10.1. The summed E-state index contributed by atoms with van der Waals surface area (Å²) in [6, 6.07) is 12.8. The Morgan fingerprint density at radius 3 is 2.39 bits per heavy atom. The topological polar surface area (TPSA) is 67.9 Å². The van der Waals surface area contributed by atoms with E-state index in [-0.39, 0.29) is 18.4 Å². The van der Waals surface area contributed by atoms with Crippen molar-refractivity contribution in [3.05, 3.63) is 59.2 Å². The largest absolute Gasteiger partial charge is 0.497 e. The number of amides is 2. The first-order chi connectivity index (χ1) is 14.9. The van der Waals surface area contributed by atoms with Crippen LogP contribution in [0, 0.1) is 13.8 Å². The molecule has 0 heterocycles. The van der Waals surface area contributed by atoms with Gasteiger partial charge < -0.3 is 19.7 Å². The zero-order valence-corrected chi connectivity index (χ0v) is 19.2. The van der Waals surface area contributed by atoms with Crippen molar-refractivity contribution < 1.29 is 19.1 Å². The quantitative estimate of drug-likeness (QED) is 0.589. The minimum Gasteiger partial charge on any atom is -0.497 e. The number of methoxy groups -OCH3 is 1. The number of carbonyl (C=O) groups excluding carboxylic acids is 2. The summed E-state index contributed by atoms with van der Waals surface area (Å²) in [6.07, 6.45) is 1.35. The first-order valence-electron chi connectivity index (χ1n) is 10.8. The molecule has 1 N–H and O–H groups in total. The van der Waals surface area contributed by atoms with E-state index >= 15 is 0 Å². The van der Waals surface area contributed by atoms with Crippen LogP contribution in [0.5, 0.6) is 11.5 Å². The molecule has 0 radical (unpaired) electrons. The van der Waals surface area contributed by atoms with Crippen LogP contribution in [0.1, 0.15) is 43.4 Å². The Kier molecular flexibility index (Phi) is 9.38. The van der Waals surface area contributed by atoms with Crippen molar-refractivity contribution in [3.8, 4) is 11.5 Å². The molecular weight excluding hydrogens is 392 g/mol. The smallest absolute Gasteiger partial charge is 0.261 e. The van der Waals surface area contributed by atoms with Crippen LogP contribution in [0.25, 0.3) is 0 Å². The van der Waals surface area contributed by atoms with E-state index in [1.165, 1.54) is 0 Å². The average molecular weight is 427 g/mol. The molecule has 0 spiro atoms. The Balaban J connectivity index is 2.22. The molecule has 0 aliphatic heterocycles. The summed E-state index contributed by atoms with van der Waals surface area (Å²) in [5, 5.41) is 2.92. The fourth-order valence-electron chi connectivity index (χ4n) is 3.30. The molecule has 6 nitrogen and oxygen atoms in total. The Labute approximate surface area is 185 Å². The molecule has 1 atom stereocenters. The predicted molar refractivity (Wildman–Crippen MR) is 122 cm³/mol. The molecule has 0 saturated carbocycles. The molecule has 6 heteroatoms. The zero-order chi connectivity index (χ0) is 22.8. The summed E-state index contributed by atoms with van der Waals surface area (Å²) < 4.78 is 11.1. The summed E-state index contributed by atoms with van der Waals surface area (Å²) in [4.78, 5) is 27.6. The normalized spacial score (nSPS) is 11.5. The average Bonchev–Trinajstić information content (AvgIpc) is 2.78. The number of rotatable bonds is 11. The molecule has 0 aromatic heterocycles. The number of nitrogens with one attached hydrogen (secondary N) is 1. The number of hydrogen-bond donors (Lipinski definition) is 1. The molecule has 2 aromatic carbocycles. The summed E-state index contributed by atoms with van der Waals surface area (Å²) in [7, 11) is 1.61. The summed E-state index contributed by atoms with van der Waals surface area (Å²) >= 11 is 0. The van der Waals surface area contributed by atoms with Crippen molar-refractivity contribution in [2.45, 2.75) is 53.1 Å². The number of aryl methyl sites for hydroxylation is 2.